The van der Waals surface area contributed by atoms with Crippen LogP contribution in [-0.4, -0.2) is 16.0 Å². The van der Waals surface area contributed by atoms with E-state index in [0.29, 0.717) is 10.6 Å². The summed E-state index contributed by atoms with van der Waals surface area (Å²) in [6, 6.07) is 13.4. The van der Waals surface area contributed by atoms with Gasteiger partial charge >= 0.3 is 0 Å². The summed E-state index contributed by atoms with van der Waals surface area (Å²) in [6.45, 7) is 6.05. The highest BCUT2D eigenvalue weighted by Crippen LogP contribution is 2.21. The van der Waals surface area contributed by atoms with Gasteiger partial charge in [0.15, 0.2) is 5.78 Å². The van der Waals surface area contributed by atoms with Crippen LogP contribution in [0.3, 0.4) is 0 Å². The SMILES string of the molecule is Cc1ccc(-c2cc(/C=C/C(=O)c3ccc(Cl)c(C)c3)[nH]n2)cc1C. The van der Waals surface area contributed by atoms with E-state index in [9.17, 15) is 4.79 Å². The van der Waals surface area contributed by atoms with Gasteiger partial charge in [-0.3, -0.25) is 9.89 Å². The quantitative estimate of drug-likeness (QED) is 0.495. The molecule has 0 aliphatic heterocycles. The van der Waals surface area contributed by atoms with Gasteiger partial charge in [0, 0.05) is 16.1 Å². The lowest BCUT2D eigenvalue weighted by Gasteiger charge is -2.01. The summed E-state index contributed by atoms with van der Waals surface area (Å²) in [5.41, 5.74) is 6.68. The van der Waals surface area contributed by atoms with Crippen LogP contribution in [-0.2, 0) is 0 Å². The van der Waals surface area contributed by atoms with Crippen molar-refractivity contribution in [2.24, 2.45) is 0 Å². The van der Waals surface area contributed by atoms with E-state index in [1.165, 1.54) is 11.1 Å². The summed E-state index contributed by atoms with van der Waals surface area (Å²) >= 11 is 6.00. The van der Waals surface area contributed by atoms with Crippen molar-refractivity contribution < 1.29 is 4.79 Å². The molecular formula is C21H19ClN2O. The highest BCUT2D eigenvalue weighted by molar-refractivity contribution is 6.31. The lowest BCUT2D eigenvalue weighted by Crippen LogP contribution is -1.94. The molecule has 0 amide bonds. The third-order valence-corrected chi connectivity index (χ3v) is 4.68. The zero-order valence-electron chi connectivity index (χ0n) is 14.4. The maximum absolute atomic E-state index is 12.3. The topological polar surface area (TPSA) is 45.8 Å². The maximum Gasteiger partial charge on any atom is 0.185 e. The molecule has 0 radical (unpaired) electrons. The number of carbonyl (C=O) groups excluding carboxylic acids is 1. The Morgan fingerprint density at radius 1 is 1.00 bits per heavy atom. The summed E-state index contributed by atoms with van der Waals surface area (Å²) in [4.78, 5) is 12.3. The Morgan fingerprint density at radius 3 is 2.52 bits per heavy atom. The molecule has 1 aromatic heterocycles. The van der Waals surface area contributed by atoms with Crippen molar-refractivity contribution in [2.75, 3.05) is 0 Å². The molecular weight excluding hydrogens is 332 g/mol. The maximum atomic E-state index is 12.3. The first-order chi connectivity index (χ1) is 11.9. The molecule has 1 N–H and O–H groups in total. The fourth-order valence-electron chi connectivity index (χ4n) is 2.53. The van der Waals surface area contributed by atoms with Crippen molar-refractivity contribution in [1.82, 2.24) is 10.2 Å². The van der Waals surface area contributed by atoms with Crippen molar-refractivity contribution in [1.29, 1.82) is 0 Å². The summed E-state index contributed by atoms with van der Waals surface area (Å²) in [7, 11) is 0. The average molecular weight is 351 g/mol. The molecule has 1 heterocycles. The number of rotatable bonds is 4. The largest absolute Gasteiger partial charge is 0.289 e. The molecule has 25 heavy (non-hydrogen) atoms. The molecule has 0 saturated heterocycles. The van der Waals surface area contributed by atoms with Gasteiger partial charge in [0.05, 0.1) is 11.4 Å². The van der Waals surface area contributed by atoms with Gasteiger partial charge in [0.1, 0.15) is 0 Å². The van der Waals surface area contributed by atoms with Crippen LogP contribution >= 0.6 is 11.6 Å². The lowest BCUT2D eigenvalue weighted by atomic mass is 10.0. The van der Waals surface area contributed by atoms with E-state index in [-0.39, 0.29) is 5.78 Å². The molecule has 3 nitrogen and oxygen atoms in total. The van der Waals surface area contributed by atoms with E-state index in [4.69, 9.17) is 11.6 Å². The molecule has 126 valence electrons. The lowest BCUT2D eigenvalue weighted by molar-refractivity contribution is 0.104. The van der Waals surface area contributed by atoms with Crippen molar-refractivity contribution in [2.45, 2.75) is 20.8 Å². The first-order valence-electron chi connectivity index (χ1n) is 8.05. The van der Waals surface area contributed by atoms with E-state index < -0.39 is 0 Å². The van der Waals surface area contributed by atoms with Crippen LogP contribution in [0.2, 0.25) is 5.02 Å². The Balaban J connectivity index is 1.78. The Bertz CT molecular complexity index is 970. The monoisotopic (exact) mass is 350 g/mol. The Morgan fingerprint density at radius 2 is 1.80 bits per heavy atom. The summed E-state index contributed by atoms with van der Waals surface area (Å²) < 4.78 is 0. The number of carbonyl (C=O) groups is 1. The first kappa shape index (κ1) is 17.2. The van der Waals surface area contributed by atoms with Crippen LogP contribution in [0.4, 0.5) is 0 Å². The average Bonchev–Trinajstić information content (AvgIpc) is 3.06. The zero-order chi connectivity index (χ0) is 18.0. The van der Waals surface area contributed by atoms with Gasteiger partial charge in [-0.25, -0.2) is 0 Å². The summed E-state index contributed by atoms with van der Waals surface area (Å²) in [5, 5.41) is 7.94. The minimum atomic E-state index is -0.0675. The van der Waals surface area contributed by atoms with Gasteiger partial charge < -0.3 is 0 Å². The van der Waals surface area contributed by atoms with Crippen molar-refractivity contribution in [3.8, 4) is 11.3 Å². The van der Waals surface area contributed by atoms with Crippen molar-refractivity contribution in [3.63, 3.8) is 0 Å². The molecule has 0 aliphatic carbocycles. The highest BCUT2D eigenvalue weighted by Gasteiger charge is 2.06. The number of aryl methyl sites for hydroxylation is 3. The number of aromatic nitrogens is 2. The number of aromatic amines is 1. The van der Waals surface area contributed by atoms with Gasteiger partial charge in [0.2, 0.25) is 0 Å². The number of H-pyrrole nitrogens is 1. The van der Waals surface area contributed by atoms with Gasteiger partial charge in [0.25, 0.3) is 0 Å². The van der Waals surface area contributed by atoms with Crippen LogP contribution < -0.4 is 0 Å². The number of nitrogens with one attached hydrogen (secondary N) is 1. The molecule has 3 rings (SSSR count). The van der Waals surface area contributed by atoms with Gasteiger partial charge in [-0.15, -0.1) is 0 Å². The number of benzene rings is 2. The van der Waals surface area contributed by atoms with Crippen LogP contribution in [0.5, 0.6) is 0 Å². The summed E-state index contributed by atoms with van der Waals surface area (Å²) in [6.07, 6.45) is 3.28. The molecule has 0 atom stereocenters. The van der Waals surface area contributed by atoms with E-state index in [2.05, 4.69) is 36.2 Å². The fraction of sp³-hybridized carbons (Fsp3) is 0.143. The van der Waals surface area contributed by atoms with Crippen LogP contribution in [0.15, 0.2) is 48.5 Å². The Labute approximate surface area is 152 Å². The third-order valence-electron chi connectivity index (χ3n) is 4.26. The Hall–Kier alpha value is -2.65. The second-order valence-electron chi connectivity index (χ2n) is 6.17. The standard InChI is InChI=1S/C21H19ClN2O/c1-13-4-5-16(10-14(13)2)20-12-18(23-24-20)7-9-21(25)17-6-8-19(22)15(3)11-17/h4-12H,1-3H3,(H,23,24)/b9-7+. The zero-order valence-corrected chi connectivity index (χ0v) is 15.2. The van der Waals surface area contributed by atoms with Crippen LogP contribution in [0.25, 0.3) is 17.3 Å². The molecule has 0 bridgehead atoms. The Kier molecular flexibility index (Phi) is 4.86. The molecule has 4 heteroatoms. The molecule has 2 aromatic carbocycles. The second-order valence-corrected chi connectivity index (χ2v) is 6.58. The molecule has 3 aromatic rings. The van der Waals surface area contributed by atoms with Crippen molar-refractivity contribution in [3.05, 3.63) is 81.5 Å². The number of nitrogens with zero attached hydrogens (tertiary/aromatic N) is 1. The van der Waals surface area contributed by atoms with E-state index in [1.807, 2.05) is 19.1 Å². The van der Waals surface area contributed by atoms with Gasteiger partial charge in [-0.1, -0.05) is 23.7 Å². The summed E-state index contributed by atoms with van der Waals surface area (Å²) in [5.74, 6) is -0.0675. The number of allylic oxidation sites excluding steroid dienone is 1. The van der Waals surface area contributed by atoms with Crippen molar-refractivity contribution >= 4 is 23.5 Å². The second kappa shape index (κ2) is 7.08. The molecule has 0 saturated carbocycles. The fourth-order valence-corrected chi connectivity index (χ4v) is 2.65. The van der Waals surface area contributed by atoms with Crippen LogP contribution in [0, 0.1) is 20.8 Å². The molecule has 0 aliphatic rings. The third kappa shape index (κ3) is 3.89. The molecule has 0 spiro atoms. The first-order valence-corrected chi connectivity index (χ1v) is 8.43. The number of halogens is 1. The van der Waals surface area contributed by atoms with E-state index in [0.717, 1.165) is 22.5 Å². The predicted octanol–water partition coefficient (Wildman–Crippen LogP) is 5.55. The molecule has 0 fully saturated rings. The van der Waals surface area contributed by atoms with Gasteiger partial charge in [-0.05, 0) is 79.9 Å². The van der Waals surface area contributed by atoms with E-state index >= 15 is 0 Å². The minimum Gasteiger partial charge on any atom is -0.289 e. The number of ketones is 1. The minimum absolute atomic E-state index is 0.0675. The van der Waals surface area contributed by atoms with E-state index in [1.54, 1.807) is 30.4 Å². The van der Waals surface area contributed by atoms with Crippen LogP contribution in [0.1, 0.15) is 32.7 Å². The highest BCUT2D eigenvalue weighted by atomic mass is 35.5. The predicted molar refractivity (Wildman–Crippen MR) is 103 cm³/mol. The normalized spacial score (nSPS) is 11.2. The molecule has 0 unspecified atom stereocenters. The smallest absolute Gasteiger partial charge is 0.185 e. The van der Waals surface area contributed by atoms with Gasteiger partial charge in [-0.2, -0.15) is 5.10 Å². The number of hydrogen-bond donors (Lipinski definition) is 1. The number of hydrogen-bond acceptors (Lipinski definition) is 2.